The number of fused-ring (bicyclic) bond motifs is 1. The number of H-pyrrole nitrogens is 1. The van der Waals surface area contributed by atoms with Gasteiger partial charge in [-0.2, -0.15) is 0 Å². The lowest BCUT2D eigenvalue weighted by Crippen LogP contribution is -1.99. The van der Waals surface area contributed by atoms with E-state index in [0.29, 0.717) is 5.82 Å². The van der Waals surface area contributed by atoms with Gasteiger partial charge in [-0.1, -0.05) is 30.3 Å². The fraction of sp³-hybridized carbons (Fsp3) is 0.0714. The smallest absolute Gasteiger partial charge is 0.124 e. The number of nitrogens with two attached hydrogens (primary N) is 1. The fourth-order valence-corrected chi connectivity index (χ4v) is 2.03. The van der Waals surface area contributed by atoms with Crippen LogP contribution in [0.25, 0.3) is 10.9 Å². The molecule has 0 aliphatic heterocycles. The van der Waals surface area contributed by atoms with Crippen molar-refractivity contribution in [2.75, 3.05) is 5.73 Å². The van der Waals surface area contributed by atoms with Crippen LogP contribution < -0.4 is 5.73 Å². The highest BCUT2D eigenvalue weighted by molar-refractivity contribution is 5.81. The van der Waals surface area contributed by atoms with Crippen LogP contribution >= 0.6 is 0 Å². The third kappa shape index (κ3) is 1.83. The molecule has 0 bridgehead atoms. The second-order valence-corrected chi connectivity index (χ2v) is 4.23. The van der Waals surface area contributed by atoms with Crippen LogP contribution in [-0.2, 0) is 0 Å². The lowest BCUT2D eigenvalue weighted by atomic mass is 10.1. The number of aromatic amines is 1. The van der Waals surface area contributed by atoms with Crippen molar-refractivity contribution in [3.05, 3.63) is 59.9 Å². The zero-order chi connectivity index (χ0) is 12.5. The van der Waals surface area contributed by atoms with E-state index >= 15 is 0 Å². The molecule has 2 aromatic heterocycles. The third-order valence-corrected chi connectivity index (χ3v) is 2.96. The van der Waals surface area contributed by atoms with E-state index < -0.39 is 6.10 Å². The average Bonchev–Trinajstić information content (AvgIpc) is 2.81. The predicted octanol–water partition coefficient (Wildman–Crippen LogP) is 2.23. The summed E-state index contributed by atoms with van der Waals surface area (Å²) in [6.07, 6.45) is 1.01. The Morgan fingerprint density at radius 3 is 2.72 bits per heavy atom. The van der Waals surface area contributed by atoms with Crippen molar-refractivity contribution in [3.63, 3.8) is 0 Å². The van der Waals surface area contributed by atoms with Gasteiger partial charge in [0.25, 0.3) is 0 Å². The van der Waals surface area contributed by atoms with Gasteiger partial charge >= 0.3 is 0 Å². The van der Waals surface area contributed by atoms with Gasteiger partial charge in [0, 0.05) is 11.1 Å². The molecule has 3 aromatic rings. The molecule has 0 saturated heterocycles. The molecule has 0 aliphatic carbocycles. The number of nitrogens with zero attached hydrogens (tertiary/aromatic N) is 1. The molecule has 0 spiro atoms. The summed E-state index contributed by atoms with van der Waals surface area (Å²) in [4.78, 5) is 7.17. The van der Waals surface area contributed by atoms with Crippen molar-refractivity contribution in [1.82, 2.24) is 9.97 Å². The summed E-state index contributed by atoms with van der Waals surface area (Å²) < 4.78 is 0. The maximum Gasteiger partial charge on any atom is 0.124 e. The lowest BCUT2D eigenvalue weighted by molar-refractivity contribution is 0.216. The summed E-state index contributed by atoms with van der Waals surface area (Å²) in [5.41, 5.74) is 8.09. The van der Waals surface area contributed by atoms with Crippen molar-refractivity contribution in [1.29, 1.82) is 0 Å². The zero-order valence-corrected chi connectivity index (χ0v) is 9.67. The van der Waals surface area contributed by atoms with Crippen LogP contribution in [0.4, 0.5) is 5.82 Å². The summed E-state index contributed by atoms with van der Waals surface area (Å²) in [7, 11) is 0. The Bertz CT molecular complexity index is 676. The number of hydrogen-bond donors (Lipinski definition) is 3. The SMILES string of the molecule is Nc1cc2cc(C(O)c3ccccc3)[nH]c2cn1. The van der Waals surface area contributed by atoms with Gasteiger partial charge in [0.05, 0.1) is 11.7 Å². The Hall–Kier alpha value is -2.33. The minimum absolute atomic E-state index is 0.474. The molecule has 1 atom stereocenters. The number of hydrogen-bond acceptors (Lipinski definition) is 3. The normalized spacial score (nSPS) is 12.7. The third-order valence-electron chi connectivity index (χ3n) is 2.96. The summed E-state index contributed by atoms with van der Waals surface area (Å²) in [5.74, 6) is 0.474. The second-order valence-electron chi connectivity index (χ2n) is 4.23. The Labute approximate surface area is 104 Å². The van der Waals surface area contributed by atoms with Gasteiger partial charge in [-0.05, 0) is 17.7 Å². The summed E-state index contributed by atoms with van der Waals surface area (Å²) >= 11 is 0. The van der Waals surface area contributed by atoms with Gasteiger partial charge < -0.3 is 15.8 Å². The minimum Gasteiger partial charge on any atom is -0.384 e. The number of benzene rings is 1. The summed E-state index contributed by atoms with van der Waals surface area (Å²) in [6, 6.07) is 13.2. The molecule has 0 radical (unpaired) electrons. The molecule has 1 unspecified atom stereocenters. The van der Waals surface area contributed by atoms with E-state index in [0.717, 1.165) is 22.2 Å². The van der Waals surface area contributed by atoms with Crippen molar-refractivity contribution in [2.24, 2.45) is 0 Å². The van der Waals surface area contributed by atoms with Gasteiger partial charge in [-0.15, -0.1) is 0 Å². The van der Waals surface area contributed by atoms with E-state index in [2.05, 4.69) is 9.97 Å². The van der Waals surface area contributed by atoms with Crippen molar-refractivity contribution < 1.29 is 5.11 Å². The van der Waals surface area contributed by atoms with Crippen LogP contribution in [0.2, 0.25) is 0 Å². The highest BCUT2D eigenvalue weighted by Crippen LogP contribution is 2.25. The molecule has 0 fully saturated rings. The van der Waals surface area contributed by atoms with Crippen LogP contribution in [0.3, 0.4) is 0 Å². The number of nitrogens with one attached hydrogen (secondary N) is 1. The topological polar surface area (TPSA) is 74.9 Å². The molecule has 3 rings (SSSR count). The number of pyridine rings is 1. The first-order chi connectivity index (χ1) is 8.74. The molecule has 4 nitrogen and oxygen atoms in total. The minimum atomic E-state index is -0.667. The highest BCUT2D eigenvalue weighted by Gasteiger charge is 2.12. The first-order valence-electron chi connectivity index (χ1n) is 5.71. The zero-order valence-electron chi connectivity index (χ0n) is 9.67. The molecule has 4 heteroatoms. The maximum atomic E-state index is 10.3. The molecule has 0 aliphatic rings. The second kappa shape index (κ2) is 4.16. The van der Waals surface area contributed by atoms with Gasteiger partial charge in [0.2, 0.25) is 0 Å². The maximum absolute atomic E-state index is 10.3. The highest BCUT2D eigenvalue weighted by atomic mass is 16.3. The van der Waals surface area contributed by atoms with Crippen LogP contribution in [0.5, 0.6) is 0 Å². The van der Waals surface area contributed by atoms with Crippen molar-refractivity contribution >= 4 is 16.7 Å². The van der Waals surface area contributed by atoms with E-state index in [1.807, 2.05) is 36.4 Å². The van der Waals surface area contributed by atoms with Gasteiger partial charge in [-0.25, -0.2) is 4.98 Å². The number of anilines is 1. The lowest BCUT2D eigenvalue weighted by Gasteiger charge is -2.08. The van der Waals surface area contributed by atoms with Crippen LogP contribution in [0.1, 0.15) is 17.4 Å². The molecule has 2 heterocycles. The number of rotatable bonds is 2. The van der Waals surface area contributed by atoms with Gasteiger partial charge in [0.1, 0.15) is 11.9 Å². The molecule has 18 heavy (non-hydrogen) atoms. The largest absolute Gasteiger partial charge is 0.384 e. The summed E-state index contributed by atoms with van der Waals surface area (Å²) in [6.45, 7) is 0. The molecule has 0 amide bonds. The average molecular weight is 239 g/mol. The van der Waals surface area contributed by atoms with Crippen molar-refractivity contribution in [3.8, 4) is 0 Å². The molecule has 1 aromatic carbocycles. The quantitative estimate of drug-likeness (QED) is 0.642. The van der Waals surface area contributed by atoms with E-state index in [4.69, 9.17) is 5.73 Å². The Morgan fingerprint density at radius 1 is 1.17 bits per heavy atom. The monoisotopic (exact) mass is 239 g/mol. The Balaban J connectivity index is 2.04. The predicted molar refractivity (Wildman–Crippen MR) is 71.0 cm³/mol. The Morgan fingerprint density at radius 2 is 1.94 bits per heavy atom. The molecular weight excluding hydrogens is 226 g/mol. The van der Waals surface area contributed by atoms with E-state index in [1.54, 1.807) is 12.3 Å². The molecule has 90 valence electrons. The Kier molecular flexibility index (Phi) is 2.50. The van der Waals surface area contributed by atoms with Crippen LogP contribution in [-0.4, -0.2) is 15.1 Å². The van der Waals surface area contributed by atoms with Crippen LogP contribution in [0, 0.1) is 0 Å². The van der Waals surface area contributed by atoms with E-state index in [1.165, 1.54) is 0 Å². The standard InChI is InChI=1S/C14H13N3O/c15-13-7-10-6-11(17-12(10)8-16-13)14(18)9-4-2-1-3-5-9/h1-8,14,17-18H,(H2,15,16). The number of aromatic nitrogens is 2. The number of aliphatic hydroxyl groups excluding tert-OH is 1. The van der Waals surface area contributed by atoms with Crippen molar-refractivity contribution in [2.45, 2.75) is 6.10 Å². The number of nitrogen functional groups attached to an aromatic ring is 1. The molecule has 0 saturated carbocycles. The summed E-state index contributed by atoms with van der Waals surface area (Å²) in [5, 5.41) is 11.2. The first-order valence-corrected chi connectivity index (χ1v) is 5.71. The fourth-order valence-electron chi connectivity index (χ4n) is 2.03. The molecular formula is C14H13N3O. The van der Waals surface area contributed by atoms with Gasteiger partial charge in [0.15, 0.2) is 0 Å². The van der Waals surface area contributed by atoms with E-state index in [9.17, 15) is 5.11 Å². The van der Waals surface area contributed by atoms with E-state index in [-0.39, 0.29) is 0 Å². The number of aliphatic hydroxyl groups is 1. The molecule has 4 N–H and O–H groups in total. The first kappa shape index (κ1) is 10.8. The van der Waals surface area contributed by atoms with Crippen LogP contribution in [0.15, 0.2) is 48.7 Å². The van der Waals surface area contributed by atoms with Gasteiger partial charge in [-0.3, -0.25) is 0 Å².